The zero-order chi connectivity index (χ0) is 21.6. The zero-order valence-corrected chi connectivity index (χ0v) is 16.8. The Kier molecular flexibility index (Phi) is 4.45. The number of rotatable bonds is 8. The molecule has 6 rings (SSSR count). The number of carbonyl (C=O) groups excluding carboxylic acids is 1. The molecule has 0 atom stereocenters. The minimum absolute atomic E-state index is 0.0163. The molecule has 3 aliphatic rings. The third kappa shape index (κ3) is 3.73. The lowest BCUT2D eigenvalue weighted by molar-refractivity contribution is -0.135. The number of carbonyl (C=O) groups is 1. The summed E-state index contributed by atoms with van der Waals surface area (Å²) in [6.45, 7) is -1.17. The lowest BCUT2D eigenvalue weighted by atomic mass is 9.44. The van der Waals surface area contributed by atoms with Crippen LogP contribution in [0.1, 0.15) is 25.0 Å². The molecule has 1 amide bonds. The van der Waals surface area contributed by atoms with Gasteiger partial charge in [0.1, 0.15) is 17.0 Å². The van der Waals surface area contributed by atoms with Gasteiger partial charge in [0.05, 0.1) is 5.69 Å². The second kappa shape index (κ2) is 7.07. The number of hydrogen-bond donors (Lipinski definition) is 2. The fraction of sp³-hybridized carbons (Fsp3) is 0.381. The molecule has 2 aromatic heterocycles. The molecular weight excluding hydrogens is 408 g/mol. The van der Waals surface area contributed by atoms with Gasteiger partial charge in [0, 0.05) is 29.5 Å². The van der Waals surface area contributed by atoms with Gasteiger partial charge in [-0.1, -0.05) is 6.07 Å². The number of aryl methyl sites for hydroxylation is 1. The van der Waals surface area contributed by atoms with E-state index in [4.69, 9.17) is 4.74 Å². The van der Waals surface area contributed by atoms with Crippen molar-refractivity contribution < 1.29 is 23.0 Å². The summed E-state index contributed by atoms with van der Waals surface area (Å²) in [5.41, 5.74) is 1.55. The first-order valence-corrected chi connectivity index (χ1v) is 9.92. The van der Waals surface area contributed by atoms with Crippen LogP contribution in [0.2, 0.25) is 0 Å². The van der Waals surface area contributed by atoms with E-state index in [1.165, 1.54) is 18.2 Å². The van der Waals surface area contributed by atoms with E-state index >= 15 is 0 Å². The van der Waals surface area contributed by atoms with Crippen molar-refractivity contribution in [2.24, 2.45) is 0 Å². The predicted molar refractivity (Wildman–Crippen MR) is 107 cm³/mol. The maximum Gasteiger partial charge on any atom is 0.387 e. The monoisotopic (exact) mass is 429 g/mol. The molecule has 8 nitrogen and oxygen atoms in total. The molecule has 0 unspecified atom stereocenters. The third-order valence-electron chi connectivity index (χ3n) is 5.73. The smallest absolute Gasteiger partial charge is 0.387 e. The zero-order valence-electron chi connectivity index (χ0n) is 16.8. The van der Waals surface area contributed by atoms with Crippen molar-refractivity contribution in [3.05, 3.63) is 48.4 Å². The Morgan fingerprint density at radius 1 is 1.23 bits per heavy atom. The van der Waals surface area contributed by atoms with Gasteiger partial charge >= 0.3 is 6.61 Å². The Labute approximate surface area is 176 Å². The molecule has 3 fully saturated rings. The third-order valence-corrected chi connectivity index (χ3v) is 5.73. The molecule has 0 spiro atoms. The van der Waals surface area contributed by atoms with E-state index in [1.54, 1.807) is 16.8 Å². The number of alkyl halides is 2. The molecule has 1 aromatic carbocycles. The van der Waals surface area contributed by atoms with E-state index in [0.717, 1.165) is 36.3 Å². The van der Waals surface area contributed by atoms with Crippen LogP contribution in [-0.2, 0) is 4.79 Å². The van der Waals surface area contributed by atoms with Crippen LogP contribution in [-0.4, -0.2) is 44.8 Å². The molecule has 3 saturated carbocycles. The second-order valence-corrected chi connectivity index (χ2v) is 8.30. The number of anilines is 1. The predicted octanol–water partition coefficient (Wildman–Crippen LogP) is 2.92. The Morgan fingerprint density at radius 2 is 2.00 bits per heavy atom. The second-order valence-electron chi connectivity index (χ2n) is 8.30. The summed E-state index contributed by atoms with van der Waals surface area (Å²) >= 11 is 0. The van der Waals surface area contributed by atoms with Gasteiger partial charge in [0.15, 0.2) is 12.4 Å². The van der Waals surface area contributed by atoms with Crippen LogP contribution in [0.5, 0.6) is 11.5 Å². The fourth-order valence-corrected chi connectivity index (χ4v) is 4.67. The van der Waals surface area contributed by atoms with Crippen molar-refractivity contribution in [1.82, 2.24) is 19.9 Å². The Bertz CT molecular complexity index is 1130. The van der Waals surface area contributed by atoms with Crippen LogP contribution < -0.4 is 20.1 Å². The molecule has 0 aliphatic heterocycles. The average Bonchev–Trinajstić information content (AvgIpc) is 3.04. The van der Waals surface area contributed by atoms with Crippen LogP contribution in [0.25, 0.3) is 5.52 Å². The highest BCUT2D eigenvalue weighted by Gasteiger charge is 2.69. The van der Waals surface area contributed by atoms with Crippen molar-refractivity contribution in [3.8, 4) is 11.5 Å². The van der Waals surface area contributed by atoms with Gasteiger partial charge in [0.25, 0.3) is 5.91 Å². The molecule has 162 valence electrons. The minimum Gasteiger partial charge on any atom is -0.484 e. The van der Waals surface area contributed by atoms with Crippen molar-refractivity contribution in [2.75, 3.05) is 11.9 Å². The molecule has 2 N–H and O–H groups in total. The van der Waals surface area contributed by atoms with E-state index in [9.17, 15) is 13.6 Å². The largest absolute Gasteiger partial charge is 0.484 e. The molecule has 0 saturated heterocycles. The van der Waals surface area contributed by atoms with Gasteiger partial charge in [0.2, 0.25) is 0 Å². The van der Waals surface area contributed by atoms with Gasteiger partial charge in [-0.2, -0.15) is 13.9 Å². The number of nitrogens with zero attached hydrogens (tertiary/aromatic N) is 3. The number of fused-ring (bicyclic) bond motifs is 1. The van der Waals surface area contributed by atoms with Gasteiger partial charge in [-0.05, 0) is 44.4 Å². The van der Waals surface area contributed by atoms with E-state index in [-0.39, 0.29) is 29.3 Å². The standard InChI is InChI=1S/C21H21F2N5O3/c1-13-7-16-18(24-5-6-28(16)27-13)26-21-10-20(11-21,12-21)25-17(29)9-30-14-3-2-4-15(8-14)31-19(22)23/h2-8,19H,9-12H2,1H3,(H,24,26)(H,25,29). The van der Waals surface area contributed by atoms with Crippen molar-refractivity contribution >= 4 is 17.2 Å². The van der Waals surface area contributed by atoms with Gasteiger partial charge in [-0.25, -0.2) is 9.50 Å². The number of ether oxygens (including phenoxy) is 2. The molecule has 2 heterocycles. The van der Waals surface area contributed by atoms with Crippen LogP contribution in [0.3, 0.4) is 0 Å². The van der Waals surface area contributed by atoms with Crippen LogP contribution in [0, 0.1) is 6.92 Å². The quantitative estimate of drug-likeness (QED) is 0.572. The Balaban J connectivity index is 1.13. The number of nitrogens with one attached hydrogen (secondary N) is 2. The maximum atomic E-state index is 12.3. The Hall–Kier alpha value is -3.43. The first-order valence-electron chi connectivity index (χ1n) is 9.92. The summed E-state index contributed by atoms with van der Waals surface area (Å²) in [6, 6.07) is 7.81. The van der Waals surface area contributed by atoms with Gasteiger partial charge < -0.3 is 20.1 Å². The molecule has 3 aliphatic carbocycles. The van der Waals surface area contributed by atoms with Crippen molar-refractivity contribution in [2.45, 2.75) is 43.9 Å². The minimum atomic E-state index is -2.91. The van der Waals surface area contributed by atoms with Crippen molar-refractivity contribution in [1.29, 1.82) is 0 Å². The van der Waals surface area contributed by atoms with E-state index in [0.29, 0.717) is 5.75 Å². The molecule has 31 heavy (non-hydrogen) atoms. The molecule has 0 radical (unpaired) electrons. The SMILES string of the molecule is Cc1cc2c(NC34CC(NC(=O)COc5cccc(OC(F)F)c5)(C3)C4)nccn2n1. The number of amides is 1. The molecular formula is C21H21F2N5O3. The van der Waals surface area contributed by atoms with Crippen LogP contribution >= 0.6 is 0 Å². The maximum absolute atomic E-state index is 12.3. The Morgan fingerprint density at radius 3 is 2.77 bits per heavy atom. The summed E-state index contributed by atoms with van der Waals surface area (Å²) < 4.78 is 36.2. The van der Waals surface area contributed by atoms with Crippen LogP contribution in [0.4, 0.5) is 14.6 Å². The summed E-state index contributed by atoms with van der Waals surface area (Å²) in [5, 5.41) is 11.0. The summed E-state index contributed by atoms with van der Waals surface area (Å²) in [7, 11) is 0. The number of aromatic nitrogens is 3. The highest BCUT2D eigenvalue weighted by Crippen LogP contribution is 2.61. The first kappa shape index (κ1) is 19.5. The highest BCUT2D eigenvalue weighted by atomic mass is 19.3. The van der Waals surface area contributed by atoms with Crippen molar-refractivity contribution in [3.63, 3.8) is 0 Å². The molecule has 10 heteroatoms. The number of benzene rings is 1. The summed E-state index contributed by atoms with van der Waals surface area (Å²) in [4.78, 5) is 16.8. The molecule has 2 bridgehead atoms. The normalized spacial score (nSPS) is 23.7. The topological polar surface area (TPSA) is 89.8 Å². The summed E-state index contributed by atoms with van der Waals surface area (Å²) in [5.74, 6) is 0.814. The van der Waals surface area contributed by atoms with E-state index < -0.39 is 6.61 Å². The lowest BCUT2D eigenvalue weighted by Gasteiger charge is -2.70. The number of hydrogen-bond acceptors (Lipinski definition) is 6. The van der Waals surface area contributed by atoms with E-state index in [2.05, 4.69) is 25.5 Å². The highest BCUT2D eigenvalue weighted by molar-refractivity contribution is 5.79. The lowest BCUT2D eigenvalue weighted by Crippen LogP contribution is -2.81. The average molecular weight is 429 g/mol. The fourth-order valence-electron chi connectivity index (χ4n) is 4.67. The van der Waals surface area contributed by atoms with Crippen LogP contribution in [0.15, 0.2) is 42.7 Å². The van der Waals surface area contributed by atoms with Gasteiger partial charge in [-0.3, -0.25) is 4.79 Å². The summed E-state index contributed by atoms with van der Waals surface area (Å²) in [6.07, 6.45) is 5.94. The van der Waals surface area contributed by atoms with E-state index in [1.807, 2.05) is 19.2 Å². The van der Waals surface area contributed by atoms with Gasteiger partial charge in [-0.15, -0.1) is 0 Å². The first-order chi connectivity index (χ1) is 14.8. The molecule has 3 aromatic rings. The number of halogens is 2.